The fourth-order valence-corrected chi connectivity index (χ4v) is 4.10. The van der Waals surface area contributed by atoms with E-state index in [1.54, 1.807) is 0 Å². The van der Waals surface area contributed by atoms with Gasteiger partial charge in [-0.15, -0.1) is 0 Å². The second-order valence-corrected chi connectivity index (χ2v) is 10.8. The minimum Gasteiger partial charge on any atom is -0.872 e. The zero-order chi connectivity index (χ0) is 26.0. The van der Waals surface area contributed by atoms with Gasteiger partial charge in [-0.2, -0.15) is 0 Å². The zero-order valence-corrected chi connectivity index (χ0v) is 25.4. The van der Waals surface area contributed by atoms with Crippen LogP contribution in [0.1, 0.15) is 33.4 Å². The molecule has 0 aliphatic carbocycles. The van der Waals surface area contributed by atoms with Gasteiger partial charge in [0.15, 0.2) is 0 Å². The van der Waals surface area contributed by atoms with Crippen LogP contribution in [0.4, 0.5) is 0 Å². The molecule has 0 saturated carbocycles. The van der Waals surface area contributed by atoms with E-state index >= 15 is 0 Å². The molecule has 0 aliphatic heterocycles. The van der Waals surface area contributed by atoms with E-state index in [4.69, 9.17) is 0 Å². The predicted octanol–water partition coefficient (Wildman–Crippen LogP) is -8.92. The Morgan fingerprint density at radius 1 is 0.528 bits per heavy atom. The maximum absolute atomic E-state index is 12.3. The summed E-state index contributed by atoms with van der Waals surface area (Å²) in [5.41, 5.74) is 5.74. The maximum Gasteiger partial charge on any atom is 1.00 e. The van der Waals surface area contributed by atoms with Crippen molar-refractivity contribution in [1.29, 1.82) is 0 Å². The van der Waals surface area contributed by atoms with Crippen LogP contribution in [0.2, 0.25) is 0 Å². The Hall–Kier alpha value is -0.925. The molecule has 2 aromatic rings. The molecule has 0 saturated heterocycles. The van der Waals surface area contributed by atoms with Gasteiger partial charge in [-0.05, 0) is 38.8 Å². The number of rotatable bonds is 10. The molecule has 2 aromatic carbocycles. The van der Waals surface area contributed by atoms with Crippen molar-refractivity contribution in [1.82, 2.24) is 0 Å². The van der Waals surface area contributed by atoms with Crippen LogP contribution in [0, 0.1) is 27.7 Å². The normalized spacial score (nSPS) is 12.3. The Morgan fingerprint density at radius 2 is 0.833 bits per heavy atom. The first-order chi connectivity index (χ1) is 15.8. The summed E-state index contributed by atoms with van der Waals surface area (Å²) in [4.78, 5) is 5.70. The summed E-state index contributed by atoms with van der Waals surface area (Å²) in [5.74, 6) is 0.337. The molecule has 8 heteroatoms. The van der Waals surface area contributed by atoms with Crippen molar-refractivity contribution in [3.05, 3.63) is 57.6 Å². The van der Waals surface area contributed by atoms with Crippen molar-refractivity contribution in [2.24, 2.45) is 0 Å². The van der Waals surface area contributed by atoms with Crippen molar-refractivity contribution in [3.63, 3.8) is 0 Å². The van der Waals surface area contributed by atoms with Crippen LogP contribution in [-0.4, -0.2) is 68.5 Å². The second-order valence-electron chi connectivity index (χ2n) is 10.8. The van der Waals surface area contributed by atoms with Crippen molar-refractivity contribution in [3.8, 4) is 11.5 Å². The molecule has 36 heavy (non-hydrogen) atoms. The predicted molar refractivity (Wildman–Crippen MR) is 137 cm³/mol. The van der Waals surface area contributed by atoms with E-state index in [0.29, 0.717) is 0 Å². The molecule has 4 N–H and O–H groups in total. The van der Waals surface area contributed by atoms with Gasteiger partial charge in [-0.3, -0.25) is 0 Å². The zero-order valence-electron chi connectivity index (χ0n) is 25.4. The van der Waals surface area contributed by atoms with E-state index in [1.165, 1.54) is 32.7 Å². The summed E-state index contributed by atoms with van der Waals surface area (Å²) < 4.78 is 0. The fraction of sp³-hybridized carbons (Fsp3) is 0.571. The van der Waals surface area contributed by atoms with E-state index in [-0.39, 0.29) is 49.2 Å². The van der Waals surface area contributed by atoms with E-state index in [2.05, 4.69) is 42.3 Å². The molecule has 0 radical (unpaired) electrons. The Bertz CT molecular complexity index is 834. The largest absolute Gasteiger partial charge is 1.00 e. The van der Waals surface area contributed by atoms with Gasteiger partial charge >= 0.3 is 37.7 Å². The molecule has 0 aliphatic rings. The number of hydrogen-bond acceptors (Lipinski definition) is 2. The van der Waals surface area contributed by atoms with Gasteiger partial charge in [0.1, 0.15) is 39.3 Å². The number of benzene rings is 2. The van der Waals surface area contributed by atoms with Crippen molar-refractivity contribution >= 4 is 0 Å². The first-order valence-corrected chi connectivity index (χ1v) is 12.5. The van der Waals surface area contributed by atoms with E-state index < -0.39 is 0 Å². The van der Waals surface area contributed by atoms with Gasteiger partial charge in [0.25, 0.3) is 0 Å². The molecule has 0 spiro atoms. The summed E-state index contributed by atoms with van der Waals surface area (Å²) in [7, 11) is 13.0. The minimum atomic E-state index is 0. The Kier molecular flexibility index (Phi) is 19.0. The molecule has 0 amide bonds. The SMILES string of the molecule is C[NH+](C)CC[NH+](C)C.Cc1cc(C)c([O-])c(C[NH+](C)CC[NH+](C)Cc2cc(C)cc(C)c2[O-])c1.[Li+].[Li+]. The quantitative estimate of drug-likeness (QED) is 0.251. The molecule has 6 nitrogen and oxygen atoms in total. The summed E-state index contributed by atoms with van der Waals surface area (Å²) in [6.45, 7) is 13.8. The van der Waals surface area contributed by atoms with Gasteiger partial charge in [0, 0.05) is 0 Å². The molecular weight excluding hydrogens is 438 g/mol. The molecule has 192 valence electrons. The first-order valence-electron chi connectivity index (χ1n) is 12.5. The van der Waals surface area contributed by atoms with Crippen LogP contribution in [0.5, 0.6) is 11.5 Å². The molecule has 0 heterocycles. The average Bonchev–Trinajstić information content (AvgIpc) is 2.72. The van der Waals surface area contributed by atoms with Crippen LogP contribution >= 0.6 is 0 Å². The summed E-state index contributed by atoms with van der Waals surface area (Å²) in [6, 6.07) is 7.91. The number of hydrogen-bond donors (Lipinski definition) is 4. The number of nitrogens with one attached hydrogen (secondary N) is 4. The van der Waals surface area contributed by atoms with Gasteiger partial charge in [-0.25, -0.2) is 0 Å². The number of likely N-dealkylation sites (N-methyl/N-ethyl adjacent to an activating group) is 4. The maximum atomic E-state index is 12.3. The molecule has 0 fully saturated rings. The average molecular weight is 489 g/mol. The minimum absolute atomic E-state index is 0. The molecule has 0 aromatic heterocycles. The summed E-state index contributed by atoms with van der Waals surface area (Å²) >= 11 is 0. The third-order valence-electron chi connectivity index (χ3n) is 6.08. The van der Waals surface area contributed by atoms with E-state index in [0.717, 1.165) is 59.6 Å². The Labute approximate surface area is 245 Å². The number of aryl methyl sites for hydroxylation is 4. The third kappa shape index (κ3) is 14.1. The smallest absolute Gasteiger partial charge is 0.872 e. The van der Waals surface area contributed by atoms with Crippen molar-refractivity contribution < 1.29 is 67.5 Å². The third-order valence-corrected chi connectivity index (χ3v) is 6.08. The van der Waals surface area contributed by atoms with Crippen molar-refractivity contribution in [2.75, 3.05) is 68.5 Å². The van der Waals surface area contributed by atoms with Gasteiger partial charge in [0.05, 0.1) is 42.3 Å². The second kappa shape index (κ2) is 18.3. The standard InChI is InChI=1S/C22H32N2O2.C6H16N2.2Li/c1-15-9-17(3)21(25)19(11-15)13-23(5)7-8-24(6)14-20-12-16(2)10-18(4)22(20)26;1-7(2)5-6-8(3)4;;/h9-12,25-26H,7-8,13-14H2,1-6H3;5-6H2,1-4H3;;/q;;2*+1/p+2. The summed E-state index contributed by atoms with van der Waals surface area (Å²) in [5, 5.41) is 24.6. The van der Waals surface area contributed by atoms with Crippen LogP contribution in [-0.2, 0) is 13.1 Å². The first kappa shape index (κ1) is 37.2. The van der Waals surface area contributed by atoms with Crippen LogP contribution < -0.4 is 67.5 Å². The van der Waals surface area contributed by atoms with E-state index in [1.807, 2.05) is 52.0 Å². The number of quaternary nitrogens is 4. The molecule has 0 bridgehead atoms. The van der Waals surface area contributed by atoms with Crippen LogP contribution in [0.15, 0.2) is 24.3 Å². The van der Waals surface area contributed by atoms with E-state index in [9.17, 15) is 10.2 Å². The molecule has 2 atom stereocenters. The summed E-state index contributed by atoms with van der Waals surface area (Å²) in [6.07, 6.45) is 0. The monoisotopic (exact) mass is 488 g/mol. The molecule has 2 rings (SSSR count). The molecular formula is C28H50Li2N4O2+4. The van der Waals surface area contributed by atoms with Gasteiger partial charge in [0.2, 0.25) is 0 Å². The van der Waals surface area contributed by atoms with Crippen molar-refractivity contribution in [2.45, 2.75) is 40.8 Å². The Morgan fingerprint density at radius 3 is 1.11 bits per heavy atom. The topological polar surface area (TPSA) is 63.9 Å². The van der Waals surface area contributed by atoms with Crippen LogP contribution in [0.25, 0.3) is 0 Å². The van der Waals surface area contributed by atoms with Crippen LogP contribution in [0.3, 0.4) is 0 Å². The fourth-order valence-electron chi connectivity index (χ4n) is 4.10. The molecule has 2 unspecified atom stereocenters. The Balaban J connectivity index is 0. The van der Waals surface area contributed by atoms with Gasteiger partial charge in [-0.1, -0.05) is 58.0 Å². The van der Waals surface area contributed by atoms with Gasteiger partial charge < -0.3 is 29.8 Å².